The number of phenolic OH excluding ortho intramolecular Hbond substituents is 1. The summed E-state index contributed by atoms with van der Waals surface area (Å²) in [6.07, 6.45) is 0. The monoisotopic (exact) mass is 269 g/mol. The van der Waals surface area contributed by atoms with Crippen molar-refractivity contribution in [1.82, 2.24) is 0 Å². The lowest BCUT2D eigenvalue weighted by molar-refractivity contribution is 0.471. The van der Waals surface area contributed by atoms with Gasteiger partial charge in [0.25, 0.3) is 0 Å². The maximum atomic E-state index is 9.79. The van der Waals surface area contributed by atoms with Crippen molar-refractivity contribution in [2.45, 2.75) is 40.7 Å². The van der Waals surface area contributed by atoms with Crippen LogP contribution in [0.4, 0.5) is 5.69 Å². The molecule has 106 valence electrons. The van der Waals surface area contributed by atoms with Gasteiger partial charge in [0.2, 0.25) is 0 Å². The summed E-state index contributed by atoms with van der Waals surface area (Å²) in [4.78, 5) is 0. The summed E-state index contributed by atoms with van der Waals surface area (Å²) < 4.78 is 0. The van der Waals surface area contributed by atoms with Crippen molar-refractivity contribution in [3.05, 3.63) is 58.1 Å². The maximum absolute atomic E-state index is 9.79. The van der Waals surface area contributed by atoms with Crippen molar-refractivity contribution < 1.29 is 5.11 Å². The van der Waals surface area contributed by atoms with Crippen molar-refractivity contribution in [3.8, 4) is 5.75 Å². The number of nitrogens with one attached hydrogen (secondary N) is 1. The third-order valence-electron chi connectivity index (χ3n) is 3.76. The largest absolute Gasteiger partial charge is 0.508 e. The van der Waals surface area contributed by atoms with Gasteiger partial charge in [-0.2, -0.15) is 0 Å². The van der Waals surface area contributed by atoms with E-state index in [0.29, 0.717) is 5.75 Å². The molecule has 0 aliphatic heterocycles. The molecule has 2 N–H and O–H groups in total. The Morgan fingerprint density at radius 3 is 2.05 bits per heavy atom. The number of benzene rings is 2. The Bertz CT molecular complexity index is 608. The predicted molar refractivity (Wildman–Crippen MR) is 85.5 cm³/mol. The molecule has 0 heterocycles. The quantitative estimate of drug-likeness (QED) is 0.839. The molecule has 2 aromatic carbocycles. The number of aryl methyl sites for hydroxylation is 4. The van der Waals surface area contributed by atoms with Crippen LogP contribution in [0.1, 0.15) is 40.8 Å². The zero-order chi connectivity index (χ0) is 14.9. The molecular formula is C18H23NO. The van der Waals surface area contributed by atoms with E-state index in [1.807, 2.05) is 19.1 Å². The highest BCUT2D eigenvalue weighted by Crippen LogP contribution is 2.28. The highest BCUT2D eigenvalue weighted by atomic mass is 16.3. The molecule has 20 heavy (non-hydrogen) atoms. The minimum absolute atomic E-state index is 0.206. The molecule has 2 nitrogen and oxygen atoms in total. The van der Waals surface area contributed by atoms with E-state index in [-0.39, 0.29) is 6.04 Å². The average molecular weight is 269 g/mol. The lowest BCUT2D eigenvalue weighted by atomic mass is 9.94. The first-order valence-corrected chi connectivity index (χ1v) is 7.02. The minimum atomic E-state index is 0.206. The van der Waals surface area contributed by atoms with Gasteiger partial charge in [0.1, 0.15) is 5.75 Å². The molecule has 2 aromatic rings. The van der Waals surface area contributed by atoms with Crippen molar-refractivity contribution >= 4 is 5.69 Å². The number of anilines is 1. The van der Waals surface area contributed by atoms with Crippen LogP contribution in [0.5, 0.6) is 5.75 Å². The number of rotatable bonds is 3. The first kappa shape index (κ1) is 14.4. The Labute approximate surface area is 121 Å². The molecule has 0 amide bonds. The van der Waals surface area contributed by atoms with Gasteiger partial charge in [0.05, 0.1) is 0 Å². The molecule has 0 bridgehead atoms. The lowest BCUT2D eigenvalue weighted by Gasteiger charge is -2.21. The summed E-state index contributed by atoms with van der Waals surface area (Å²) >= 11 is 0. The zero-order valence-corrected chi connectivity index (χ0v) is 12.9. The van der Waals surface area contributed by atoms with Gasteiger partial charge in [-0.1, -0.05) is 23.8 Å². The van der Waals surface area contributed by atoms with Gasteiger partial charge in [-0.3, -0.25) is 0 Å². The van der Waals surface area contributed by atoms with E-state index in [1.165, 1.54) is 22.3 Å². The lowest BCUT2D eigenvalue weighted by Crippen LogP contribution is -2.10. The molecule has 0 fully saturated rings. The number of phenols is 1. The van der Waals surface area contributed by atoms with Gasteiger partial charge in [-0.25, -0.2) is 0 Å². The first-order chi connectivity index (χ1) is 9.38. The average Bonchev–Trinajstić information content (AvgIpc) is 2.32. The van der Waals surface area contributed by atoms with Crippen molar-refractivity contribution in [2.75, 3.05) is 5.32 Å². The highest BCUT2D eigenvalue weighted by molar-refractivity contribution is 5.53. The van der Waals surface area contributed by atoms with Gasteiger partial charge in [-0.05, 0) is 62.9 Å². The fraction of sp³-hybridized carbons (Fsp3) is 0.333. The number of aromatic hydroxyl groups is 1. The predicted octanol–water partition coefficient (Wildman–Crippen LogP) is 4.80. The van der Waals surface area contributed by atoms with E-state index in [0.717, 1.165) is 11.3 Å². The van der Waals surface area contributed by atoms with E-state index in [9.17, 15) is 5.11 Å². The van der Waals surface area contributed by atoms with Crippen molar-refractivity contribution in [1.29, 1.82) is 0 Å². The Balaban J connectivity index is 2.28. The Morgan fingerprint density at radius 2 is 1.50 bits per heavy atom. The molecule has 0 spiro atoms. The summed E-state index contributed by atoms with van der Waals surface area (Å²) in [5, 5.41) is 13.3. The van der Waals surface area contributed by atoms with Gasteiger partial charge < -0.3 is 10.4 Å². The Kier molecular flexibility index (Phi) is 4.03. The normalized spacial score (nSPS) is 12.2. The van der Waals surface area contributed by atoms with E-state index >= 15 is 0 Å². The summed E-state index contributed by atoms with van der Waals surface area (Å²) in [5.74, 6) is 0.333. The van der Waals surface area contributed by atoms with Crippen LogP contribution in [0.15, 0.2) is 30.3 Å². The zero-order valence-electron chi connectivity index (χ0n) is 12.9. The highest BCUT2D eigenvalue weighted by Gasteiger charge is 2.12. The number of hydrogen-bond donors (Lipinski definition) is 2. The first-order valence-electron chi connectivity index (χ1n) is 7.02. The van der Waals surface area contributed by atoms with E-state index < -0.39 is 0 Å². The van der Waals surface area contributed by atoms with E-state index in [4.69, 9.17) is 0 Å². The fourth-order valence-electron chi connectivity index (χ4n) is 2.90. The molecule has 0 aliphatic rings. The molecular weight excluding hydrogens is 246 g/mol. The van der Waals surface area contributed by atoms with Gasteiger partial charge in [0, 0.05) is 17.8 Å². The fourth-order valence-corrected chi connectivity index (χ4v) is 2.90. The molecule has 2 heteroatoms. The third kappa shape index (κ3) is 2.96. The Morgan fingerprint density at radius 1 is 0.900 bits per heavy atom. The standard InChI is InChI=1S/C18H23NO/c1-11-8-13(3)18(14(4)9-11)15(5)19-16-7-6-12(2)17(20)10-16/h6-10,15,19-20H,1-5H3. The van der Waals surface area contributed by atoms with Crippen LogP contribution in [-0.4, -0.2) is 5.11 Å². The molecule has 0 aliphatic carbocycles. The summed E-state index contributed by atoms with van der Waals surface area (Å²) in [5.41, 5.74) is 7.07. The topological polar surface area (TPSA) is 32.3 Å². The summed E-state index contributed by atoms with van der Waals surface area (Å²) in [6.45, 7) is 10.5. The smallest absolute Gasteiger partial charge is 0.120 e. The molecule has 0 aromatic heterocycles. The van der Waals surface area contributed by atoms with E-state index in [1.54, 1.807) is 6.07 Å². The van der Waals surface area contributed by atoms with Crippen LogP contribution >= 0.6 is 0 Å². The second kappa shape index (κ2) is 5.58. The van der Waals surface area contributed by atoms with Crippen LogP contribution in [0.2, 0.25) is 0 Å². The van der Waals surface area contributed by atoms with Gasteiger partial charge >= 0.3 is 0 Å². The second-order valence-electron chi connectivity index (χ2n) is 5.68. The molecule has 1 unspecified atom stereocenters. The van der Waals surface area contributed by atoms with Crippen LogP contribution in [-0.2, 0) is 0 Å². The Hall–Kier alpha value is -1.96. The van der Waals surface area contributed by atoms with Crippen LogP contribution in [0.3, 0.4) is 0 Å². The summed E-state index contributed by atoms with van der Waals surface area (Å²) in [6, 6.07) is 10.4. The van der Waals surface area contributed by atoms with Gasteiger partial charge in [0.15, 0.2) is 0 Å². The summed E-state index contributed by atoms with van der Waals surface area (Å²) in [7, 11) is 0. The molecule has 2 rings (SSSR count). The van der Waals surface area contributed by atoms with Crippen LogP contribution in [0, 0.1) is 27.7 Å². The molecule has 0 radical (unpaired) electrons. The van der Waals surface area contributed by atoms with E-state index in [2.05, 4.69) is 45.1 Å². The molecule has 0 saturated carbocycles. The minimum Gasteiger partial charge on any atom is -0.508 e. The van der Waals surface area contributed by atoms with Crippen molar-refractivity contribution in [3.63, 3.8) is 0 Å². The van der Waals surface area contributed by atoms with Crippen molar-refractivity contribution in [2.24, 2.45) is 0 Å². The molecule has 1 atom stereocenters. The maximum Gasteiger partial charge on any atom is 0.120 e. The van der Waals surface area contributed by atoms with Crippen LogP contribution < -0.4 is 5.32 Å². The number of hydrogen-bond acceptors (Lipinski definition) is 2. The SMILES string of the molecule is Cc1cc(C)c(C(C)Nc2ccc(C)c(O)c2)c(C)c1. The van der Waals surface area contributed by atoms with Gasteiger partial charge in [-0.15, -0.1) is 0 Å². The third-order valence-corrected chi connectivity index (χ3v) is 3.76. The molecule has 0 saturated heterocycles. The van der Waals surface area contributed by atoms with Crippen LogP contribution in [0.25, 0.3) is 0 Å². The second-order valence-corrected chi connectivity index (χ2v) is 5.68.